The van der Waals surface area contributed by atoms with Crippen molar-refractivity contribution in [2.24, 2.45) is 5.92 Å². The first-order valence-electron chi connectivity index (χ1n) is 10.0. The van der Waals surface area contributed by atoms with Gasteiger partial charge in [0.2, 0.25) is 0 Å². The van der Waals surface area contributed by atoms with Crippen molar-refractivity contribution in [3.63, 3.8) is 0 Å². The summed E-state index contributed by atoms with van der Waals surface area (Å²) < 4.78 is 5.60. The van der Waals surface area contributed by atoms with Gasteiger partial charge >= 0.3 is 0 Å². The third-order valence-corrected chi connectivity index (χ3v) is 5.47. The number of nitro benzene ring substituents is 1. The molecule has 0 bridgehead atoms. The Labute approximate surface area is 174 Å². The van der Waals surface area contributed by atoms with E-state index in [-0.39, 0.29) is 17.2 Å². The number of nitro groups is 1. The van der Waals surface area contributed by atoms with E-state index in [0.29, 0.717) is 11.3 Å². The van der Waals surface area contributed by atoms with Crippen molar-refractivity contribution in [2.75, 3.05) is 23.3 Å². The fraction of sp³-hybridized carbons (Fsp3) is 0.261. The Bertz CT molecular complexity index is 1050. The van der Waals surface area contributed by atoms with Gasteiger partial charge in [0.1, 0.15) is 5.76 Å². The SMILES string of the molecule is CC1CCN(c2ccc(NC(=O)c3ccc(-c4ccccc4[N+](=O)[O-])o3)cc2)CC1. The Morgan fingerprint density at radius 3 is 2.47 bits per heavy atom. The highest BCUT2D eigenvalue weighted by Crippen LogP contribution is 2.31. The van der Waals surface area contributed by atoms with E-state index in [9.17, 15) is 14.9 Å². The molecule has 0 unspecified atom stereocenters. The molecule has 1 fully saturated rings. The van der Waals surface area contributed by atoms with Gasteiger partial charge in [0.15, 0.2) is 5.76 Å². The first-order valence-corrected chi connectivity index (χ1v) is 10.0. The van der Waals surface area contributed by atoms with Crippen LogP contribution < -0.4 is 10.2 Å². The molecule has 4 rings (SSSR count). The van der Waals surface area contributed by atoms with Crippen LogP contribution in [-0.2, 0) is 0 Å². The molecular formula is C23H23N3O4. The van der Waals surface area contributed by atoms with E-state index in [2.05, 4.69) is 17.1 Å². The van der Waals surface area contributed by atoms with Crippen molar-refractivity contribution >= 4 is 23.0 Å². The van der Waals surface area contributed by atoms with Crippen molar-refractivity contribution in [1.82, 2.24) is 0 Å². The molecule has 0 radical (unpaired) electrons. The number of nitrogens with one attached hydrogen (secondary N) is 1. The summed E-state index contributed by atoms with van der Waals surface area (Å²) in [4.78, 5) is 25.7. The van der Waals surface area contributed by atoms with E-state index in [4.69, 9.17) is 4.42 Å². The van der Waals surface area contributed by atoms with Crippen LogP contribution in [0.4, 0.5) is 17.1 Å². The van der Waals surface area contributed by atoms with Gasteiger partial charge in [-0.2, -0.15) is 0 Å². The van der Waals surface area contributed by atoms with Gasteiger partial charge in [-0.25, -0.2) is 0 Å². The van der Waals surface area contributed by atoms with Crippen LogP contribution in [0.25, 0.3) is 11.3 Å². The van der Waals surface area contributed by atoms with Gasteiger partial charge < -0.3 is 14.6 Å². The molecule has 1 N–H and O–H groups in total. The lowest BCUT2D eigenvalue weighted by Crippen LogP contribution is -2.32. The summed E-state index contributed by atoms with van der Waals surface area (Å²) in [6.45, 7) is 4.38. The second-order valence-corrected chi connectivity index (χ2v) is 7.61. The maximum absolute atomic E-state index is 12.6. The Morgan fingerprint density at radius 2 is 1.77 bits per heavy atom. The molecule has 1 aliphatic heterocycles. The van der Waals surface area contributed by atoms with Crippen LogP contribution >= 0.6 is 0 Å². The second kappa shape index (κ2) is 8.41. The highest BCUT2D eigenvalue weighted by Gasteiger charge is 2.20. The van der Waals surface area contributed by atoms with Crippen LogP contribution in [0, 0.1) is 16.0 Å². The lowest BCUT2D eigenvalue weighted by Gasteiger charge is -2.32. The molecule has 3 aromatic rings. The summed E-state index contributed by atoms with van der Waals surface area (Å²) in [6.07, 6.45) is 2.39. The van der Waals surface area contributed by atoms with Crippen LogP contribution in [0.2, 0.25) is 0 Å². The first kappa shape index (κ1) is 19.7. The van der Waals surface area contributed by atoms with Gasteiger partial charge in [-0.3, -0.25) is 14.9 Å². The molecule has 2 aromatic carbocycles. The minimum Gasteiger partial charge on any atom is -0.451 e. The van der Waals surface area contributed by atoms with Crippen molar-refractivity contribution in [1.29, 1.82) is 0 Å². The topological polar surface area (TPSA) is 88.6 Å². The molecule has 1 saturated heterocycles. The fourth-order valence-corrected chi connectivity index (χ4v) is 3.66. The highest BCUT2D eigenvalue weighted by molar-refractivity contribution is 6.02. The predicted molar refractivity (Wildman–Crippen MR) is 116 cm³/mol. The lowest BCUT2D eigenvalue weighted by molar-refractivity contribution is -0.384. The number of carbonyl (C=O) groups excluding carboxylic acids is 1. The Morgan fingerprint density at radius 1 is 1.07 bits per heavy atom. The summed E-state index contributed by atoms with van der Waals surface area (Å²) in [5.41, 5.74) is 2.08. The molecule has 0 saturated carbocycles. The van der Waals surface area contributed by atoms with Crippen LogP contribution in [0.5, 0.6) is 0 Å². The average molecular weight is 405 g/mol. The van der Waals surface area contributed by atoms with Crippen LogP contribution in [0.1, 0.15) is 30.3 Å². The molecule has 2 heterocycles. The van der Waals surface area contributed by atoms with E-state index in [1.807, 2.05) is 24.3 Å². The number of furan rings is 1. The molecule has 30 heavy (non-hydrogen) atoms. The number of para-hydroxylation sites is 1. The largest absolute Gasteiger partial charge is 0.451 e. The monoisotopic (exact) mass is 405 g/mol. The van der Waals surface area contributed by atoms with Crippen molar-refractivity contribution in [3.8, 4) is 11.3 Å². The molecule has 7 heteroatoms. The lowest BCUT2D eigenvalue weighted by atomic mass is 9.99. The molecule has 0 atom stereocenters. The van der Waals surface area contributed by atoms with Gasteiger partial charge in [-0.1, -0.05) is 19.1 Å². The number of hydrogen-bond acceptors (Lipinski definition) is 5. The molecule has 0 spiro atoms. The van der Waals surface area contributed by atoms with Crippen LogP contribution in [0.15, 0.2) is 65.1 Å². The highest BCUT2D eigenvalue weighted by atomic mass is 16.6. The maximum Gasteiger partial charge on any atom is 0.291 e. The first-order chi connectivity index (χ1) is 14.5. The zero-order valence-corrected chi connectivity index (χ0v) is 16.7. The Kier molecular flexibility index (Phi) is 5.52. The Hall–Kier alpha value is -3.61. The number of nitrogens with zero attached hydrogens (tertiary/aromatic N) is 2. The zero-order chi connectivity index (χ0) is 21.1. The number of rotatable bonds is 5. The smallest absolute Gasteiger partial charge is 0.291 e. The normalized spacial score (nSPS) is 14.5. The summed E-state index contributed by atoms with van der Waals surface area (Å²) in [5.74, 6) is 0.745. The van der Waals surface area contributed by atoms with Crippen molar-refractivity contribution < 1.29 is 14.1 Å². The van der Waals surface area contributed by atoms with Gasteiger partial charge in [0.25, 0.3) is 11.6 Å². The van der Waals surface area contributed by atoms with Gasteiger partial charge in [0.05, 0.1) is 10.5 Å². The minimum atomic E-state index is -0.470. The summed E-state index contributed by atoms with van der Waals surface area (Å²) >= 11 is 0. The molecule has 1 aliphatic rings. The number of benzene rings is 2. The van der Waals surface area contributed by atoms with Gasteiger partial charge in [-0.15, -0.1) is 0 Å². The summed E-state index contributed by atoms with van der Waals surface area (Å²) in [5, 5.41) is 14.0. The van der Waals surface area contributed by atoms with E-state index < -0.39 is 10.8 Å². The van der Waals surface area contributed by atoms with E-state index in [1.165, 1.54) is 25.0 Å². The molecule has 154 valence electrons. The third kappa shape index (κ3) is 4.20. The standard InChI is InChI=1S/C23H23N3O4/c1-16-12-14-25(15-13-16)18-8-6-17(7-9-18)24-23(27)22-11-10-21(30-22)19-4-2-3-5-20(19)26(28)29/h2-11,16H,12-15H2,1H3,(H,24,27). The fourth-order valence-electron chi connectivity index (χ4n) is 3.66. The maximum atomic E-state index is 12.6. The molecule has 0 aliphatic carbocycles. The number of hydrogen-bond donors (Lipinski definition) is 1. The molecular weight excluding hydrogens is 382 g/mol. The van der Waals surface area contributed by atoms with Crippen LogP contribution in [0.3, 0.4) is 0 Å². The summed E-state index contributed by atoms with van der Waals surface area (Å²) in [6, 6.07) is 17.1. The number of anilines is 2. The van der Waals surface area contributed by atoms with Gasteiger partial charge in [-0.05, 0) is 61.2 Å². The molecule has 1 amide bonds. The summed E-state index contributed by atoms with van der Waals surface area (Å²) in [7, 11) is 0. The van der Waals surface area contributed by atoms with Crippen molar-refractivity contribution in [3.05, 3.63) is 76.5 Å². The average Bonchev–Trinajstić information content (AvgIpc) is 3.25. The minimum absolute atomic E-state index is 0.0681. The quantitative estimate of drug-likeness (QED) is 0.457. The molecule has 7 nitrogen and oxygen atoms in total. The van der Waals surface area contributed by atoms with Crippen LogP contribution in [-0.4, -0.2) is 23.9 Å². The van der Waals surface area contributed by atoms with E-state index >= 15 is 0 Å². The van der Waals surface area contributed by atoms with E-state index in [1.54, 1.807) is 24.3 Å². The zero-order valence-electron chi connectivity index (χ0n) is 16.7. The second-order valence-electron chi connectivity index (χ2n) is 7.61. The Balaban J connectivity index is 1.44. The van der Waals surface area contributed by atoms with Gasteiger partial charge in [0, 0.05) is 30.5 Å². The van der Waals surface area contributed by atoms with E-state index in [0.717, 1.165) is 24.7 Å². The number of amides is 1. The number of carbonyl (C=O) groups is 1. The molecule has 1 aromatic heterocycles. The number of piperidine rings is 1. The predicted octanol–water partition coefficient (Wildman–Crippen LogP) is 5.34. The third-order valence-electron chi connectivity index (χ3n) is 5.47. The van der Waals surface area contributed by atoms with Crippen molar-refractivity contribution in [2.45, 2.75) is 19.8 Å².